The van der Waals surface area contributed by atoms with E-state index in [4.69, 9.17) is 0 Å². The highest BCUT2D eigenvalue weighted by Gasteiger charge is 2.09. The summed E-state index contributed by atoms with van der Waals surface area (Å²) < 4.78 is 2.70. The average Bonchev–Trinajstić information content (AvgIpc) is 2.64. The maximum atomic E-state index is 12.0. The summed E-state index contributed by atoms with van der Waals surface area (Å²) in [6, 6.07) is 7.61. The van der Waals surface area contributed by atoms with Gasteiger partial charge in [0.15, 0.2) is 5.78 Å². The number of hydrogen-bond donors (Lipinski definition) is 0. The summed E-state index contributed by atoms with van der Waals surface area (Å²) in [7, 11) is 0. The van der Waals surface area contributed by atoms with Gasteiger partial charge in [0.25, 0.3) is 0 Å². The highest BCUT2D eigenvalue weighted by atomic mass is 127. The van der Waals surface area contributed by atoms with Crippen molar-refractivity contribution in [1.82, 2.24) is 9.78 Å². The molecule has 0 aliphatic carbocycles. The summed E-state index contributed by atoms with van der Waals surface area (Å²) in [6.45, 7) is 2.24. The van der Waals surface area contributed by atoms with Gasteiger partial charge in [0.2, 0.25) is 0 Å². The Morgan fingerprint density at radius 2 is 2.19 bits per heavy atom. The topological polar surface area (TPSA) is 34.9 Å². The molecule has 0 unspecified atom stereocenters. The van der Waals surface area contributed by atoms with Crippen LogP contribution in [0.1, 0.15) is 15.9 Å². The van der Waals surface area contributed by atoms with Crippen molar-refractivity contribution < 1.29 is 4.79 Å². The Labute approximate surface area is 108 Å². The summed E-state index contributed by atoms with van der Waals surface area (Å²) in [5, 5.41) is 4.10. The lowest BCUT2D eigenvalue weighted by Crippen LogP contribution is -2.11. The van der Waals surface area contributed by atoms with Gasteiger partial charge in [-0.05, 0) is 35.1 Å². The third kappa shape index (κ3) is 2.49. The molecule has 0 saturated carbocycles. The van der Waals surface area contributed by atoms with E-state index < -0.39 is 0 Å². The normalized spacial score (nSPS) is 10.4. The van der Waals surface area contributed by atoms with Crippen molar-refractivity contribution in [3.05, 3.63) is 51.4 Å². The molecule has 0 aliphatic heterocycles. The van der Waals surface area contributed by atoms with Crippen molar-refractivity contribution in [2.45, 2.75) is 13.5 Å². The molecular weight excluding hydrogens is 315 g/mol. The molecule has 0 aliphatic rings. The van der Waals surface area contributed by atoms with Crippen LogP contribution in [0.25, 0.3) is 0 Å². The van der Waals surface area contributed by atoms with Gasteiger partial charge in [-0.3, -0.25) is 9.48 Å². The Morgan fingerprint density at radius 1 is 1.44 bits per heavy atom. The minimum absolute atomic E-state index is 0.0950. The lowest BCUT2D eigenvalue weighted by atomic mass is 10.1. The van der Waals surface area contributed by atoms with Crippen molar-refractivity contribution in [3.8, 4) is 0 Å². The first kappa shape index (κ1) is 11.3. The molecule has 0 spiro atoms. The number of Topliss-reactive ketones (excluding diaryl/α,β-unsaturated/α-hetero) is 1. The number of aromatic nitrogens is 2. The summed E-state index contributed by atoms with van der Waals surface area (Å²) in [5.74, 6) is 0.0950. The third-order valence-electron chi connectivity index (χ3n) is 2.35. The molecule has 1 heterocycles. The van der Waals surface area contributed by atoms with Crippen molar-refractivity contribution in [2.75, 3.05) is 0 Å². The van der Waals surface area contributed by atoms with Crippen LogP contribution in [-0.2, 0) is 6.54 Å². The van der Waals surface area contributed by atoms with Gasteiger partial charge in [-0.25, -0.2) is 0 Å². The third-order valence-corrected chi connectivity index (χ3v) is 2.91. The van der Waals surface area contributed by atoms with Crippen LogP contribution in [0.5, 0.6) is 0 Å². The molecule has 0 fully saturated rings. The van der Waals surface area contributed by atoms with Crippen LogP contribution in [-0.4, -0.2) is 15.6 Å². The van der Waals surface area contributed by atoms with Crippen LogP contribution >= 0.6 is 22.6 Å². The largest absolute Gasteiger partial charge is 0.292 e. The van der Waals surface area contributed by atoms with Crippen LogP contribution in [0, 0.1) is 10.5 Å². The number of halogens is 1. The summed E-state index contributed by atoms with van der Waals surface area (Å²) in [5.41, 5.74) is 1.78. The Morgan fingerprint density at radius 3 is 2.81 bits per heavy atom. The molecule has 0 radical (unpaired) electrons. The van der Waals surface area contributed by atoms with E-state index in [-0.39, 0.29) is 5.78 Å². The molecule has 3 nitrogen and oxygen atoms in total. The average molecular weight is 326 g/mol. The molecular formula is C12H11IN2O. The lowest BCUT2D eigenvalue weighted by Gasteiger charge is -2.04. The minimum atomic E-state index is 0.0950. The van der Waals surface area contributed by atoms with Gasteiger partial charge in [0, 0.05) is 11.8 Å². The molecule has 16 heavy (non-hydrogen) atoms. The molecule has 0 N–H and O–H groups in total. The fourth-order valence-electron chi connectivity index (χ4n) is 1.54. The van der Waals surface area contributed by atoms with Crippen LogP contribution in [0.3, 0.4) is 0 Å². The smallest absolute Gasteiger partial charge is 0.184 e. The van der Waals surface area contributed by atoms with Crippen LogP contribution in [0.4, 0.5) is 0 Å². The van der Waals surface area contributed by atoms with Crippen LogP contribution in [0.2, 0.25) is 0 Å². The van der Waals surface area contributed by atoms with E-state index in [0.29, 0.717) is 6.54 Å². The molecule has 2 rings (SSSR count). The monoisotopic (exact) mass is 326 g/mol. The zero-order valence-electron chi connectivity index (χ0n) is 8.85. The van der Waals surface area contributed by atoms with Crippen molar-refractivity contribution in [1.29, 1.82) is 0 Å². The minimum Gasteiger partial charge on any atom is -0.292 e. The van der Waals surface area contributed by atoms with E-state index in [1.54, 1.807) is 10.9 Å². The number of carbonyl (C=O) groups excluding carboxylic acids is 1. The fraction of sp³-hybridized carbons (Fsp3) is 0.167. The number of nitrogens with zero attached hydrogens (tertiary/aromatic N) is 2. The number of rotatable bonds is 3. The SMILES string of the molecule is Cc1ccccc1C(=O)Cn1cc(I)cn1. The highest BCUT2D eigenvalue weighted by Crippen LogP contribution is 2.09. The second-order valence-corrected chi connectivity index (χ2v) is 4.84. The Balaban J connectivity index is 2.18. The molecule has 2 aromatic rings. The van der Waals surface area contributed by atoms with Gasteiger partial charge in [0.1, 0.15) is 6.54 Å². The molecule has 1 aromatic heterocycles. The maximum absolute atomic E-state index is 12.0. The molecule has 0 saturated heterocycles. The van der Waals surface area contributed by atoms with E-state index in [1.165, 1.54) is 0 Å². The first-order chi connectivity index (χ1) is 7.66. The second-order valence-electron chi connectivity index (χ2n) is 3.59. The number of carbonyl (C=O) groups is 1. The van der Waals surface area contributed by atoms with Gasteiger partial charge >= 0.3 is 0 Å². The van der Waals surface area contributed by atoms with Gasteiger partial charge in [0.05, 0.1) is 9.77 Å². The molecule has 0 amide bonds. The number of ketones is 1. The summed E-state index contributed by atoms with van der Waals surface area (Å²) in [6.07, 6.45) is 3.60. The molecule has 1 aromatic carbocycles. The number of aryl methyl sites for hydroxylation is 1. The maximum Gasteiger partial charge on any atom is 0.184 e. The van der Waals surface area contributed by atoms with Gasteiger partial charge in [-0.2, -0.15) is 5.10 Å². The van der Waals surface area contributed by atoms with E-state index in [9.17, 15) is 4.79 Å². The fourth-order valence-corrected chi connectivity index (χ4v) is 1.99. The Bertz CT molecular complexity index is 519. The Hall–Kier alpha value is -1.17. The first-order valence-electron chi connectivity index (χ1n) is 4.93. The van der Waals surface area contributed by atoms with E-state index in [0.717, 1.165) is 14.7 Å². The molecule has 0 bridgehead atoms. The predicted molar refractivity (Wildman–Crippen MR) is 70.5 cm³/mol. The highest BCUT2D eigenvalue weighted by molar-refractivity contribution is 14.1. The van der Waals surface area contributed by atoms with Gasteiger partial charge < -0.3 is 0 Å². The quantitative estimate of drug-likeness (QED) is 0.642. The number of benzene rings is 1. The lowest BCUT2D eigenvalue weighted by molar-refractivity contribution is 0.0967. The van der Waals surface area contributed by atoms with Crippen LogP contribution < -0.4 is 0 Å². The second kappa shape index (κ2) is 4.78. The van der Waals surface area contributed by atoms with Crippen LogP contribution in [0.15, 0.2) is 36.7 Å². The van der Waals surface area contributed by atoms with Crippen molar-refractivity contribution in [2.24, 2.45) is 0 Å². The first-order valence-corrected chi connectivity index (χ1v) is 6.01. The van der Waals surface area contributed by atoms with E-state index in [2.05, 4.69) is 27.7 Å². The van der Waals surface area contributed by atoms with Crippen molar-refractivity contribution >= 4 is 28.4 Å². The number of hydrogen-bond acceptors (Lipinski definition) is 2. The zero-order valence-corrected chi connectivity index (χ0v) is 11.0. The zero-order chi connectivity index (χ0) is 11.5. The Kier molecular flexibility index (Phi) is 3.38. The van der Waals surface area contributed by atoms with E-state index >= 15 is 0 Å². The predicted octanol–water partition coefficient (Wildman–Crippen LogP) is 2.68. The summed E-state index contributed by atoms with van der Waals surface area (Å²) >= 11 is 2.17. The molecule has 0 atom stereocenters. The molecule has 4 heteroatoms. The van der Waals surface area contributed by atoms with Gasteiger partial charge in [-0.15, -0.1) is 0 Å². The van der Waals surface area contributed by atoms with Gasteiger partial charge in [-0.1, -0.05) is 24.3 Å². The summed E-state index contributed by atoms with van der Waals surface area (Å²) in [4.78, 5) is 12.0. The standard InChI is InChI=1S/C12H11IN2O/c1-9-4-2-3-5-11(9)12(16)8-15-7-10(13)6-14-15/h2-7H,8H2,1H3. The molecule has 82 valence electrons. The van der Waals surface area contributed by atoms with E-state index in [1.807, 2.05) is 37.4 Å². The van der Waals surface area contributed by atoms with Crippen molar-refractivity contribution in [3.63, 3.8) is 0 Å².